The molecular formula is C10H21NO2. The number of carbonyl (C=O) groups excluding carboxylic acids is 1. The van der Waals surface area contributed by atoms with Crippen molar-refractivity contribution in [3.8, 4) is 0 Å². The minimum atomic E-state index is -0.0752. The van der Waals surface area contributed by atoms with Crippen molar-refractivity contribution in [1.29, 1.82) is 0 Å². The van der Waals surface area contributed by atoms with E-state index in [1.807, 2.05) is 6.92 Å². The van der Waals surface area contributed by atoms with Crippen LogP contribution in [0.15, 0.2) is 0 Å². The van der Waals surface area contributed by atoms with Gasteiger partial charge in [-0.2, -0.15) is 0 Å². The lowest BCUT2D eigenvalue weighted by atomic mass is 10.4. The van der Waals surface area contributed by atoms with Crippen molar-refractivity contribution in [2.24, 2.45) is 0 Å². The van der Waals surface area contributed by atoms with Gasteiger partial charge >= 0.3 is 5.97 Å². The van der Waals surface area contributed by atoms with Gasteiger partial charge in [0.1, 0.15) is 0 Å². The van der Waals surface area contributed by atoms with Crippen LogP contribution in [0.5, 0.6) is 0 Å². The molecule has 0 heterocycles. The fraction of sp³-hybridized carbons (Fsp3) is 0.900. The molecule has 3 nitrogen and oxygen atoms in total. The number of hydrogen-bond acceptors (Lipinski definition) is 3. The van der Waals surface area contributed by atoms with Crippen LogP contribution in [-0.2, 0) is 9.53 Å². The zero-order chi connectivity index (χ0) is 10.1. The van der Waals surface area contributed by atoms with Gasteiger partial charge in [0.05, 0.1) is 13.0 Å². The molecule has 0 radical (unpaired) electrons. The summed E-state index contributed by atoms with van der Waals surface area (Å²) in [6.07, 6.45) is 1.42. The van der Waals surface area contributed by atoms with Crippen molar-refractivity contribution >= 4 is 5.97 Å². The van der Waals surface area contributed by atoms with E-state index in [9.17, 15) is 4.79 Å². The first kappa shape index (κ1) is 12.4. The second-order valence-corrected chi connectivity index (χ2v) is 3.00. The Kier molecular flexibility index (Phi) is 7.69. The van der Waals surface area contributed by atoms with E-state index < -0.39 is 0 Å². The summed E-state index contributed by atoms with van der Waals surface area (Å²) in [5.41, 5.74) is 0. The maximum absolute atomic E-state index is 11.1. The van der Waals surface area contributed by atoms with Gasteiger partial charge in [-0.25, -0.2) is 0 Å². The molecule has 13 heavy (non-hydrogen) atoms. The normalized spacial score (nSPS) is 10.5. The predicted molar refractivity (Wildman–Crippen MR) is 53.7 cm³/mol. The minimum Gasteiger partial charge on any atom is -0.466 e. The van der Waals surface area contributed by atoms with Crippen LogP contribution in [0.25, 0.3) is 0 Å². The quantitative estimate of drug-likeness (QED) is 0.568. The van der Waals surface area contributed by atoms with E-state index in [0.29, 0.717) is 13.0 Å². The van der Waals surface area contributed by atoms with E-state index in [4.69, 9.17) is 4.74 Å². The second kappa shape index (κ2) is 8.05. The van der Waals surface area contributed by atoms with Gasteiger partial charge in [0.15, 0.2) is 0 Å². The van der Waals surface area contributed by atoms with Gasteiger partial charge in [0.25, 0.3) is 0 Å². The van der Waals surface area contributed by atoms with Crippen LogP contribution in [0.3, 0.4) is 0 Å². The minimum absolute atomic E-state index is 0.0752. The largest absolute Gasteiger partial charge is 0.466 e. The summed E-state index contributed by atoms with van der Waals surface area (Å²) in [7, 11) is 0. The fourth-order valence-corrected chi connectivity index (χ4v) is 1.08. The van der Waals surface area contributed by atoms with Crippen LogP contribution in [-0.4, -0.2) is 37.1 Å². The lowest BCUT2D eigenvalue weighted by molar-refractivity contribution is -0.144. The lowest BCUT2D eigenvalue weighted by Gasteiger charge is -2.16. The van der Waals surface area contributed by atoms with Gasteiger partial charge in [-0.3, -0.25) is 4.79 Å². The third-order valence-corrected chi connectivity index (χ3v) is 1.99. The molecule has 0 saturated heterocycles. The van der Waals surface area contributed by atoms with Crippen LogP contribution in [0.1, 0.15) is 33.6 Å². The number of rotatable bonds is 7. The molecule has 0 fully saturated rings. The fourth-order valence-electron chi connectivity index (χ4n) is 1.08. The van der Waals surface area contributed by atoms with Gasteiger partial charge in [0, 0.05) is 6.54 Å². The van der Waals surface area contributed by atoms with Crippen LogP contribution in [0.4, 0.5) is 0 Å². The van der Waals surface area contributed by atoms with Crippen molar-refractivity contribution in [3.63, 3.8) is 0 Å². The summed E-state index contributed by atoms with van der Waals surface area (Å²) in [5.74, 6) is -0.0752. The molecule has 0 aromatic heterocycles. The third kappa shape index (κ3) is 6.58. The van der Waals surface area contributed by atoms with Gasteiger partial charge < -0.3 is 9.64 Å². The SMILES string of the molecule is CCCOC(=O)CCN(CC)CC. The summed E-state index contributed by atoms with van der Waals surface area (Å²) in [4.78, 5) is 13.3. The summed E-state index contributed by atoms with van der Waals surface area (Å²) in [5, 5.41) is 0. The highest BCUT2D eigenvalue weighted by molar-refractivity contribution is 5.69. The molecule has 0 amide bonds. The topological polar surface area (TPSA) is 29.5 Å². The molecule has 0 aliphatic carbocycles. The summed E-state index contributed by atoms with van der Waals surface area (Å²) in [6.45, 7) is 9.56. The average Bonchev–Trinajstić information content (AvgIpc) is 2.16. The van der Waals surface area contributed by atoms with E-state index in [1.54, 1.807) is 0 Å². The molecule has 0 rings (SSSR count). The molecule has 0 aromatic rings. The molecule has 0 aliphatic heterocycles. The Hall–Kier alpha value is -0.570. The number of esters is 1. The number of nitrogens with zero attached hydrogens (tertiary/aromatic N) is 1. The Bertz CT molecular complexity index is 133. The number of carbonyl (C=O) groups is 1. The van der Waals surface area contributed by atoms with Crippen molar-refractivity contribution in [3.05, 3.63) is 0 Å². The Morgan fingerprint density at radius 1 is 1.23 bits per heavy atom. The highest BCUT2D eigenvalue weighted by Crippen LogP contribution is 1.93. The molecule has 0 bridgehead atoms. The van der Waals surface area contributed by atoms with Gasteiger partial charge in [0.2, 0.25) is 0 Å². The Morgan fingerprint density at radius 2 is 1.85 bits per heavy atom. The van der Waals surface area contributed by atoms with Crippen LogP contribution >= 0.6 is 0 Å². The lowest BCUT2D eigenvalue weighted by Crippen LogP contribution is -2.26. The van der Waals surface area contributed by atoms with Gasteiger partial charge in [-0.1, -0.05) is 20.8 Å². The van der Waals surface area contributed by atoms with E-state index in [0.717, 1.165) is 26.1 Å². The summed E-state index contributed by atoms with van der Waals surface area (Å²) < 4.78 is 4.96. The first-order valence-electron chi connectivity index (χ1n) is 5.12. The van der Waals surface area contributed by atoms with Crippen molar-refractivity contribution in [1.82, 2.24) is 4.90 Å². The molecule has 0 aliphatic rings. The highest BCUT2D eigenvalue weighted by atomic mass is 16.5. The van der Waals surface area contributed by atoms with Crippen LogP contribution in [0.2, 0.25) is 0 Å². The summed E-state index contributed by atoms with van der Waals surface area (Å²) >= 11 is 0. The average molecular weight is 187 g/mol. The predicted octanol–water partition coefficient (Wildman–Crippen LogP) is 1.67. The third-order valence-electron chi connectivity index (χ3n) is 1.99. The highest BCUT2D eigenvalue weighted by Gasteiger charge is 2.05. The number of hydrogen-bond donors (Lipinski definition) is 0. The zero-order valence-corrected chi connectivity index (χ0v) is 9.01. The molecule has 0 saturated carbocycles. The van der Waals surface area contributed by atoms with Gasteiger partial charge in [-0.15, -0.1) is 0 Å². The molecule has 0 spiro atoms. The number of ether oxygens (including phenoxy) is 1. The van der Waals surface area contributed by atoms with E-state index in [-0.39, 0.29) is 5.97 Å². The molecule has 0 atom stereocenters. The molecular weight excluding hydrogens is 166 g/mol. The van der Waals surface area contributed by atoms with Gasteiger partial charge in [-0.05, 0) is 19.5 Å². The van der Waals surface area contributed by atoms with E-state index in [2.05, 4.69) is 18.7 Å². The Morgan fingerprint density at radius 3 is 2.31 bits per heavy atom. The van der Waals surface area contributed by atoms with E-state index in [1.165, 1.54) is 0 Å². The molecule has 0 aromatic carbocycles. The van der Waals surface area contributed by atoms with Crippen molar-refractivity contribution < 1.29 is 9.53 Å². The van der Waals surface area contributed by atoms with Crippen LogP contribution < -0.4 is 0 Å². The standard InChI is InChI=1S/C10H21NO2/c1-4-9-13-10(12)7-8-11(5-2)6-3/h4-9H2,1-3H3. The molecule has 0 N–H and O–H groups in total. The van der Waals surface area contributed by atoms with E-state index >= 15 is 0 Å². The second-order valence-electron chi connectivity index (χ2n) is 3.00. The Labute approximate surface area is 81.1 Å². The maximum atomic E-state index is 11.1. The van der Waals surface area contributed by atoms with Crippen molar-refractivity contribution in [2.75, 3.05) is 26.2 Å². The first-order valence-corrected chi connectivity index (χ1v) is 5.12. The summed E-state index contributed by atoms with van der Waals surface area (Å²) in [6, 6.07) is 0. The smallest absolute Gasteiger partial charge is 0.307 e. The Balaban J connectivity index is 3.44. The monoisotopic (exact) mass is 187 g/mol. The zero-order valence-electron chi connectivity index (χ0n) is 9.01. The maximum Gasteiger partial charge on any atom is 0.307 e. The molecule has 0 unspecified atom stereocenters. The molecule has 78 valence electrons. The molecule has 3 heteroatoms. The van der Waals surface area contributed by atoms with Crippen LogP contribution in [0, 0.1) is 0 Å². The van der Waals surface area contributed by atoms with Crippen molar-refractivity contribution in [2.45, 2.75) is 33.6 Å². The first-order chi connectivity index (χ1) is 6.24.